The standard InChI is InChI=1S/C12H17F3N2O2S/c1-8-4-9(2)11(5-10(8)6-16)20(18,19)17(3)7-12(13,14)15/h4-5H,6-7,16H2,1-3H3. The van der Waals surface area contributed by atoms with E-state index in [0.717, 1.165) is 12.6 Å². The van der Waals surface area contributed by atoms with Crippen molar-refractivity contribution in [2.75, 3.05) is 13.6 Å². The molecule has 0 aromatic heterocycles. The highest BCUT2D eigenvalue weighted by atomic mass is 32.2. The third-order valence-corrected chi connectivity index (χ3v) is 4.89. The molecule has 114 valence electrons. The molecule has 0 amide bonds. The number of hydrogen-bond acceptors (Lipinski definition) is 3. The van der Waals surface area contributed by atoms with E-state index < -0.39 is 22.7 Å². The van der Waals surface area contributed by atoms with E-state index in [9.17, 15) is 21.6 Å². The fraction of sp³-hybridized carbons (Fsp3) is 0.500. The molecule has 0 spiro atoms. The van der Waals surface area contributed by atoms with Gasteiger partial charge >= 0.3 is 6.18 Å². The molecule has 0 aliphatic carbocycles. The van der Waals surface area contributed by atoms with Crippen molar-refractivity contribution in [3.8, 4) is 0 Å². The molecule has 0 heterocycles. The fourth-order valence-corrected chi connectivity index (χ4v) is 3.29. The highest BCUT2D eigenvalue weighted by Gasteiger charge is 2.35. The molecule has 0 saturated carbocycles. The minimum atomic E-state index is -4.59. The second kappa shape index (κ2) is 5.71. The van der Waals surface area contributed by atoms with Gasteiger partial charge in [0.15, 0.2) is 0 Å². The van der Waals surface area contributed by atoms with Crippen LogP contribution >= 0.6 is 0 Å². The highest BCUT2D eigenvalue weighted by Crippen LogP contribution is 2.25. The van der Waals surface area contributed by atoms with E-state index in [4.69, 9.17) is 5.73 Å². The molecular formula is C12H17F3N2O2S. The van der Waals surface area contributed by atoms with Crippen LogP contribution in [-0.4, -0.2) is 32.5 Å². The minimum absolute atomic E-state index is 0.123. The molecule has 0 bridgehead atoms. The van der Waals surface area contributed by atoms with Crippen LogP contribution in [0.1, 0.15) is 16.7 Å². The summed E-state index contributed by atoms with van der Waals surface area (Å²) < 4.78 is 61.7. The van der Waals surface area contributed by atoms with Gasteiger partial charge < -0.3 is 5.73 Å². The first-order valence-corrected chi connectivity index (χ1v) is 7.26. The Morgan fingerprint density at radius 3 is 2.20 bits per heavy atom. The summed E-state index contributed by atoms with van der Waals surface area (Å²) in [5.74, 6) is 0. The van der Waals surface area contributed by atoms with Crippen LogP contribution in [0.2, 0.25) is 0 Å². The minimum Gasteiger partial charge on any atom is -0.326 e. The number of nitrogens with zero attached hydrogens (tertiary/aromatic N) is 1. The van der Waals surface area contributed by atoms with Gasteiger partial charge in [-0.25, -0.2) is 8.42 Å². The smallest absolute Gasteiger partial charge is 0.326 e. The van der Waals surface area contributed by atoms with Crippen LogP contribution in [0.15, 0.2) is 17.0 Å². The van der Waals surface area contributed by atoms with Gasteiger partial charge in [0.25, 0.3) is 0 Å². The molecule has 0 atom stereocenters. The van der Waals surface area contributed by atoms with Crippen LogP contribution < -0.4 is 5.73 Å². The van der Waals surface area contributed by atoms with Crippen molar-refractivity contribution in [3.63, 3.8) is 0 Å². The third-order valence-electron chi connectivity index (χ3n) is 2.94. The third kappa shape index (κ3) is 3.71. The number of sulfonamides is 1. The van der Waals surface area contributed by atoms with Gasteiger partial charge in [-0.05, 0) is 36.6 Å². The monoisotopic (exact) mass is 310 g/mol. The summed E-state index contributed by atoms with van der Waals surface area (Å²) in [5.41, 5.74) is 7.30. The summed E-state index contributed by atoms with van der Waals surface area (Å²) in [6.07, 6.45) is -4.59. The largest absolute Gasteiger partial charge is 0.402 e. The van der Waals surface area contributed by atoms with E-state index >= 15 is 0 Å². The average Bonchev–Trinajstić information content (AvgIpc) is 2.26. The maximum Gasteiger partial charge on any atom is 0.402 e. The second-order valence-corrected chi connectivity index (χ2v) is 6.64. The van der Waals surface area contributed by atoms with Gasteiger partial charge in [0.2, 0.25) is 10.0 Å². The van der Waals surface area contributed by atoms with Gasteiger partial charge in [0, 0.05) is 13.6 Å². The second-order valence-electron chi connectivity index (χ2n) is 4.62. The molecule has 0 aliphatic heterocycles. The molecule has 0 radical (unpaired) electrons. The average molecular weight is 310 g/mol. The van der Waals surface area contributed by atoms with Crippen LogP contribution in [0.4, 0.5) is 13.2 Å². The van der Waals surface area contributed by atoms with Gasteiger partial charge in [-0.3, -0.25) is 0 Å². The first kappa shape index (κ1) is 16.9. The predicted octanol–water partition coefficient (Wildman–Crippen LogP) is 1.94. The molecule has 0 fully saturated rings. The summed E-state index contributed by atoms with van der Waals surface area (Å²) in [6.45, 7) is 1.91. The molecule has 2 N–H and O–H groups in total. The zero-order chi connectivity index (χ0) is 15.7. The Bertz CT molecular complexity index is 597. The molecule has 1 aromatic rings. The van der Waals surface area contributed by atoms with Crippen LogP contribution in [0.3, 0.4) is 0 Å². The maximum absolute atomic E-state index is 12.3. The van der Waals surface area contributed by atoms with Crippen LogP contribution in [-0.2, 0) is 16.6 Å². The van der Waals surface area contributed by atoms with Gasteiger partial charge in [-0.1, -0.05) is 6.07 Å². The van der Waals surface area contributed by atoms with Gasteiger partial charge in [0.1, 0.15) is 6.54 Å². The van der Waals surface area contributed by atoms with E-state index in [1.165, 1.54) is 6.07 Å². The van der Waals surface area contributed by atoms with Crippen molar-refractivity contribution in [1.29, 1.82) is 0 Å². The summed E-state index contributed by atoms with van der Waals surface area (Å²) in [5, 5.41) is 0. The summed E-state index contributed by atoms with van der Waals surface area (Å²) in [4.78, 5) is -0.143. The predicted molar refractivity (Wildman–Crippen MR) is 69.7 cm³/mol. The fourth-order valence-electron chi connectivity index (χ4n) is 1.88. The van der Waals surface area contributed by atoms with Crippen LogP contribution in [0.25, 0.3) is 0 Å². The maximum atomic E-state index is 12.3. The van der Waals surface area contributed by atoms with Crippen molar-refractivity contribution >= 4 is 10.0 Å². The van der Waals surface area contributed by atoms with Crippen molar-refractivity contribution in [2.45, 2.75) is 31.5 Å². The number of rotatable bonds is 4. The van der Waals surface area contributed by atoms with Gasteiger partial charge in [-0.15, -0.1) is 0 Å². The normalized spacial score (nSPS) is 13.0. The quantitative estimate of drug-likeness (QED) is 0.924. The summed E-state index contributed by atoms with van der Waals surface area (Å²) >= 11 is 0. The molecule has 1 aromatic carbocycles. The topological polar surface area (TPSA) is 63.4 Å². The van der Waals surface area contributed by atoms with E-state index in [1.807, 2.05) is 0 Å². The Morgan fingerprint density at radius 1 is 1.20 bits per heavy atom. The molecule has 1 rings (SSSR count). The number of alkyl halides is 3. The first-order chi connectivity index (χ1) is 8.99. The summed E-state index contributed by atoms with van der Waals surface area (Å²) in [6, 6.07) is 2.95. The lowest BCUT2D eigenvalue weighted by Crippen LogP contribution is -2.36. The van der Waals surface area contributed by atoms with Gasteiger partial charge in [0.05, 0.1) is 4.90 Å². The van der Waals surface area contributed by atoms with E-state index in [1.54, 1.807) is 19.9 Å². The number of hydrogen-bond donors (Lipinski definition) is 1. The van der Waals surface area contributed by atoms with Gasteiger partial charge in [-0.2, -0.15) is 17.5 Å². The number of aryl methyl sites for hydroxylation is 2. The van der Waals surface area contributed by atoms with Crippen molar-refractivity contribution in [3.05, 3.63) is 28.8 Å². The van der Waals surface area contributed by atoms with Crippen LogP contribution in [0.5, 0.6) is 0 Å². The molecular weight excluding hydrogens is 293 g/mol. The lowest BCUT2D eigenvalue weighted by Gasteiger charge is -2.21. The summed E-state index contributed by atoms with van der Waals surface area (Å²) in [7, 11) is -3.29. The highest BCUT2D eigenvalue weighted by molar-refractivity contribution is 7.89. The van der Waals surface area contributed by atoms with E-state index in [0.29, 0.717) is 15.4 Å². The SMILES string of the molecule is Cc1cc(C)c(S(=O)(=O)N(C)CC(F)(F)F)cc1CN. The zero-order valence-electron chi connectivity index (χ0n) is 11.5. The molecule has 0 aliphatic rings. The van der Waals surface area contributed by atoms with Crippen molar-refractivity contribution in [1.82, 2.24) is 4.31 Å². The van der Waals surface area contributed by atoms with Crippen molar-refractivity contribution < 1.29 is 21.6 Å². The lowest BCUT2D eigenvalue weighted by atomic mass is 10.1. The molecule has 8 heteroatoms. The van der Waals surface area contributed by atoms with E-state index in [-0.39, 0.29) is 11.4 Å². The molecule has 4 nitrogen and oxygen atoms in total. The van der Waals surface area contributed by atoms with Crippen molar-refractivity contribution in [2.24, 2.45) is 5.73 Å². The zero-order valence-corrected chi connectivity index (χ0v) is 12.3. The Morgan fingerprint density at radius 2 is 1.75 bits per heavy atom. The number of nitrogens with two attached hydrogens (primary N) is 1. The Labute approximate surface area is 116 Å². The molecule has 0 saturated heterocycles. The Balaban J connectivity index is 3.29. The first-order valence-electron chi connectivity index (χ1n) is 5.82. The Hall–Kier alpha value is -1.12. The number of halogens is 3. The molecule has 0 unspecified atom stereocenters. The molecule has 20 heavy (non-hydrogen) atoms. The van der Waals surface area contributed by atoms with E-state index in [2.05, 4.69) is 0 Å². The lowest BCUT2D eigenvalue weighted by molar-refractivity contribution is -0.134. The Kier molecular flexibility index (Phi) is 4.83. The van der Waals surface area contributed by atoms with Crippen LogP contribution in [0, 0.1) is 13.8 Å². The number of benzene rings is 1.